The van der Waals surface area contributed by atoms with E-state index in [1.807, 2.05) is 6.92 Å². The Morgan fingerprint density at radius 1 is 1.41 bits per heavy atom. The number of carbonyl (C=O) groups is 1. The minimum atomic E-state index is -0.390. The average Bonchev–Trinajstić information content (AvgIpc) is 2.94. The summed E-state index contributed by atoms with van der Waals surface area (Å²) >= 11 is 1.24. The summed E-state index contributed by atoms with van der Waals surface area (Å²) in [6, 6.07) is 6.36. The predicted molar refractivity (Wildman–Crippen MR) is 85.3 cm³/mol. The van der Waals surface area contributed by atoms with Gasteiger partial charge in [0.25, 0.3) is 5.91 Å². The van der Waals surface area contributed by atoms with Crippen LogP contribution in [0.3, 0.4) is 0 Å². The van der Waals surface area contributed by atoms with Gasteiger partial charge in [0.15, 0.2) is 0 Å². The van der Waals surface area contributed by atoms with Crippen LogP contribution in [0, 0.1) is 11.7 Å². The van der Waals surface area contributed by atoms with E-state index in [9.17, 15) is 14.3 Å². The molecule has 0 fully saturated rings. The molecule has 118 valence electrons. The van der Waals surface area contributed by atoms with Crippen LogP contribution in [0.4, 0.5) is 4.39 Å². The number of aliphatic hydroxyl groups excluding tert-OH is 1. The van der Waals surface area contributed by atoms with Gasteiger partial charge < -0.3 is 10.4 Å². The van der Waals surface area contributed by atoms with Crippen LogP contribution in [-0.2, 0) is 0 Å². The molecule has 0 spiro atoms. The zero-order valence-electron chi connectivity index (χ0n) is 12.5. The Morgan fingerprint density at radius 3 is 2.82 bits per heavy atom. The molecule has 1 aromatic carbocycles. The highest BCUT2D eigenvalue weighted by atomic mass is 32.1. The molecule has 2 unspecified atom stereocenters. The molecular formula is C16H19FN2O2S. The van der Waals surface area contributed by atoms with E-state index in [-0.39, 0.29) is 29.4 Å². The van der Waals surface area contributed by atoms with Crippen LogP contribution in [0.2, 0.25) is 0 Å². The van der Waals surface area contributed by atoms with Crippen LogP contribution in [0.25, 0.3) is 10.6 Å². The molecule has 1 amide bonds. The number of aromatic nitrogens is 1. The maximum atomic E-state index is 13.7. The largest absolute Gasteiger partial charge is 0.393 e. The molecule has 0 saturated carbocycles. The van der Waals surface area contributed by atoms with Gasteiger partial charge in [0.2, 0.25) is 0 Å². The second-order valence-corrected chi connectivity index (χ2v) is 6.28. The summed E-state index contributed by atoms with van der Waals surface area (Å²) in [5, 5.41) is 14.2. The lowest BCUT2D eigenvalue weighted by Crippen LogP contribution is -2.29. The molecular weight excluding hydrogens is 303 g/mol. The minimum absolute atomic E-state index is 0.175. The van der Waals surface area contributed by atoms with Crippen LogP contribution in [0.5, 0.6) is 0 Å². The quantitative estimate of drug-likeness (QED) is 0.859. The number of hydrogen-bond acceptors (Lipinski definition) is 4. The normalized spacial score (nSPS) is 13.6. The van der Waals surface area contributed by atoms with Crippen molar-refractivity contribution in [3.8, 4) is 10.6 Å². The molecule has 0 aliphatic heterocycles. The summed E-state index contributed by atoms with van der Waals surface area (Å²) in [4.78, 5) is 16.2. The van der Waals surface area contributed by atoms with Gasteiger partial charge in [0.1, 0.15) is 16.5 Å². The van der Waals surface area contributed by atoms with Gasteiger partial charge in [0.05, 0.1) is 6.10 Å². The molecule has 2 aromatic rings. The Morgan fingerprint density at radius 2 is 2.14 bits per heavy atom. The molecule has 2 rings (SSSR count). The van der Waals surface area contributed by atoms with Gasteiger partial charge in [0, 0.05) is 17.5 Å². The molecule has 1 heterocycles. The molecule has 0 aliphatic rings. The SMILES string of the molecule is CC(O)CC(C)CNC(=O)c1csc(-c2ccccc2F)n1. The second-order valence-electron chi connectivity index (χ2n) is 5.42. The smallest absolute Gasteiger partial charge is 0.270 e. The first-order valence-electron chi connectivity index (χ1n) is 7.14. The standard InChI is InChI=1S/C16H19FN2O2S/c1-10(7-11(2)20)8-18-15(21)14-9-22-16(19-14)12-5-3-4-6-13(12)17/h3-6,9-11,20H,7-8H2,1-2H3,(H,18,21). The van der Waals surface area contributed by atoms with Crippen LogP contribution in [0.1, 0.15) is 30.8 Å². The molecule has 22 heavy (non-hydrogen) atoms. The molecule has 1 aromatic heterocycles. The summed E-state index contributed by atoms with van der Waals surface area (Å²) in [6.07, 6.45) is 0.233. The van der Waals surface area contributed by atoms with Gasteiger partial charge in [-0.15, -0.1) is 11.3 Å². The number of thiazole rings is 1. The van der Waals surface area contributed by atoms with Gasteiger partial charge in [-0.05, 0) is 31.4 Å². The Balaban J connectivity index is 1.99. The van der Waals surface area contributed by atoms with Gasteiger partial charge in [-0.2, -0.15) is 0 Å². The van der Waals surface area contributed by atoms with E-state index >= 15 is 0 Å². The van der Waals surface area contributed by atoms with Crippen molar-refractivity contribution in [1.29, 1.82) is 0 Å². The van der Waals surface area contributed by atoms with Gasteiger partial charge >= 0.3 is 0 Å². The van der Waals surface area contributed by atoms with Crippen molar-refractivity contribution in [2.45, 2.75) is 26.4 Å². The Labute approximate surface area is 133 Å². The summed E-state index contributed by atoms with van der Waals surface area (Å²) in [7, 11) is 0. The number of carbonyl (C=O) groups excluding carboxylic acids is 1. The zero-order chi connectivity index (χ0) is 16.1. The van der Waals surface area contributed by atoms with E-state index in [2.05, 4.69) is 10.3 Å². The molecule has 0 aliphatic carbocycles. The van der Waals surface area contributed by atoms with E-state index in [0.717, 1.165) is 0 Å². The first kappa shape index (κ1) is 16.6. The third-order valence-corrected chi connectivity index (χ3v) is 4.07. The minimum Gasteiger partial charge on any atom is -0.393 e. The van der Waals surface area contributed by atoms with Crippen LogP contribution in [-0.4, -0.2) is 28.6 Å². The number of rotatable bonds is 6. The lowest BCUT2D eigenvalue weighted by molar-refractivity contribution is 0.0935. The van der Waals surface area contributed by atoms with E-state index in [1.54, 1.807) is 30.5 Å². The fourth-order valence-corrected chi connectivity index (χ4v) is 2.99. The summed E-state index contributed by atoms with van der Waals surface area (Å²) in [5.41, 5.74) is 0.682. The van der Waals surface area contributed by atoms with Gasteiger partial charge in [-0.25, -0.2) is 9.37 Å². The monoisotopic (exact) mass is 322 g/mol. The van der Waals surface area contributed by atoms with Crippen LogP contribution >= 0.6 is 11.3 Å². The maximum absolute atomic E-state index is 13.7. The van der Waals surface area contributed by atoms with Crippen molar-refractivity contribution in [2.24, 2.45) is 5.92 Å². The third kappa shape index (κ3) is 4.35. The summed E-state index contributed by atoms with van der Waals surface area (Å²) < 4.78 is 13.7. The number of nitrogens with one attached hydrogen (secondary N) is 1. The van der Waals surface area contributed by atoms with Crippen molar-refractivity contribution >= 4 is 17.2 Å². The Bertz CT molecular complexity index is 643. The highest BCUT2D eigenvalue weighted by molar-refractivity contribution is 7.13. The van der Waals surface area contributed by atoms with Crippen molar-refractivity contribution in [3.63, 3.8) is 0 Å². The molecule has 6 heteroatoms. The summed E-state index contributed by atoms with van der Waals surface area (Å²) in [5.74, 6) is -0.459. The number of benzene rings is 1. The lowest BCUT2D eigenvalue weighted by Gasteiger charge is -2.13. The maximum Gasteiger partial charge on any atom is 0.270 e. The van der Waals surface area contributed by atoms with Crippen molar-refractivity contribution < 1.29 is 14.3 Å². The Kier molecular flexibility index (Phi) is 5.63. The number of aliphatic hydroxyl groups is 1. The summed E-state index contributed by atoms with van der Waals surface area (Å²) in [6.45, 7) is 4.15. The lowest BCUT2D eigenvalue weighted by atomic mass is 10.0. The number of amides is 1. The molecule has 0 saturated heterocycles. The van der Waals surface area contributed by atoms with Gasteiger partial charge in [-0.3, -0.25) is 4.79 Å². The van der Waals surface area contributed by atoms with E-state index in [1.165, 1.54) is 17.4 Å². The van der Waals surface area contributed by atoms with Crippen molar-refractivity contribution in [1.82, 2.24) is 10.3 Å². The van der Waals surface area contributed by atoms with E-state index < -0.39 is 0 Å². The van der Waals surface area contributed by atoms with E-state index in [4.69, 9.17) is 0 Å². The first-order valence-corrected chi connectivity index (χ1v) is 8.02. The molecule has 4 nitrogen and oxygen atoms in total. The highest BCUT2D eigenvalue weighted by Crippen LogP contribution is 2.26. The molecule has 2 N–H and O–H groups in total. The topological polar surface area (TPSA) is 62.2 Å². The van der Waals surface area contributed by atoms with E-state index in [0.29, 0.717) is 23.5 Å². The van der Waals surface area contributed by atoms with Gasteiger partial charge in [-0.1, -0.05) is 19.1 Å². The number of nitrogens with zero attached hydrogens (tertiary/aromatic N) is 1. The second kappa shape index (κ2) is 7.47. The van der Waals surface area contributed by atoms with Crippen LogP contribution in [0.15, 0.2) is 29.6 Å². The fourth-order valence-electron chi connectivity index (χ4n) is 2.16. The highest BCUT2D eigenvalue weighted by Gasteiger charge is 2.15. The predicted octanol–water partition coefficient (Wildman–Crippen LogP) is 3.09. The Hall–Kier alpha value is -1.79. The average molecular weight is 322 g/mol. The molecule has 2 atom stereocenters. The molecule has 0 radical (unpaired) electrons. The first-order chi connectivity index (χ1) is 10.5. The fraction of sp³-hybridized carbons (Fsp3) is 0.375. The van der Waals surface area contributed by atoms with Crippen LogP contribution < -0.4 is 5.32 Å². The van der Waals surface area contributed by atoms with Crippen molar-refractivity contribution in [3.05, 3.63) is 41.2 Å². The zero-order valence-corrected chi connectivity index (χ0v) is 13.4. The number of halogens is 1. The molecule has 0 bridgehead atoms. The third-order valence-electron chi connectivity index (χ3n) is 3.20. The number of hydrogen-bond donors (Lipinski definition) is 2. The van der Waals surface area contributed by atoms with Crippen molar-refractivity contribution in [2.75, 3.05) is 6.54 Å².